The van der Waals surface area contributed by atoms with E-state index < -0.39 is 0 Å². The first kappa shape index (κ1) is 14.9. The third-order valence-electron chi connectivity index (χ3n) is 3.29. The van der Waals surface area contributed by atoms with Gasteiger partial charge >= 0.3 is 0 Å². The number of hydrogen-bond acceptors (Lipinski definition) is 4. The van der Waals surface area contributed by atoms with Crippen molar-refractivity contribution in [3.63, 3.8) is 0 Å². The molecule has 0 aliphatic heterocycles. The largest absolute Gasteiger partial charge is 0.469 e. The quantitative estimate of drug-likeness (QED) is 0.691. The zero-order chi connectivity index (χ0) is 14.2. The van der Waals surface area contributed by atoms with Gasteiger partial charge in [0.15, 0.2) is 0 Å². The summed E-state index contributed by atoms with van der Waals surface area (Å²) >= 11 is 0. The zero-order valence-electron chi connectivity index (χ0n) is 12.3. The van der Waals surface area contributed by atoms with E-state index in [1.807, 2.05) is 24.3 Å². The Labute approximate surface area is 120 Å². The predicted molar refractivity (Wildman–Crippen MR) is 79.8 cm³/mol. The van der Waals surface area contributed by atoms with Crippen molar-refractivity contribution in [2.24, 2.45) is 0 Å². The van der Waals surface area contributed by atoms with Crippen molar-refractivity contribution in [1.82, 2.24) is 10.6 Å². The summed E-state index contributed by atoms with van der Waals surface area (Å²) in [7, 11) is 0. The summed E-state index contributed by atoms with van der Waals surface area (Å²) in [5.74, 6) is 2.06. The average molecular weight is 276 g/mol. The Balaban J connectivity index is 1.54. The Morgan fingerprint density at radius 3 is 1.65 bits per heavy atom. The van der Waals surface area contributed by atoms with Crippen LogP contribution in [0.5, 0.6) is 0 Å². The molecular formula is C16H24N2O2. The second-order valence-electron chi connectivity index (χ2n) is 5.28. The number of rotatable bonds is 9. The molecule has 2 aromatic rings. The van der Waals surface area contributed by atoms with Crippen LogP contribution in [0.25, 0.3) is 0 Å². The van der Waals surface area contributed by atoms with Crippen molar-refractivity contribution >= 4 is 0 Å². The van der Waals surface area contributed by atoms with Crippen molar-refractivity contribution in [2.75, 3.05) is 13.1 Å². The highest BCUT2D eigenvalue weighted by molar-refractivity contribution is 5.00. The molecule has 0 aromatic carbocycles. The highest BCUT2D eigenvalue weighted by Crippen LogP contribution is 2.04. The van der Waals surface area contributed by atoms with E-state index in [9.17, 15) is 0 Å². The van der Waals surface area contributed by atoms with Crippen LogP contribution < -0.4 is 10.6 Å². The Kier molecular flexibility index (Phi) is 5.89. The molecule has 2 rings (SSSR count). The Morgan fingerprint density at radius 1 is 0.850 bits per heavy atom. The van der Waals surface area contributed by atoms with Gasteiger partial charge in [-0.05, 0) is 38.1 Å². The average Bonchev–Trinajstić information content (AvgIpc) is 3.08. The van der Waals surface area contributed by atoms with Crippen molar-refractivity contribution in [1.29, 1.82) is 0 Å². The van der Waals surface area contributed by atoms with E-state index in [-0.39, 0.29) is 0 Å². The van der Waals surface area contributed by atoms with Crippen LogP contribution in [0.2, 0.25) is 0 Å². The predicted octanol–water partition coefficient (Wildman–Crippen LogP) is 2.61. The topological polar surface area (TPSA) is 50.3 Å². The van der Waals surface area contributed by atoms with Gasteiger partial charge in [0.25, 0.3) is 0 Å². The molecule has 110 valence electrons. The second kappa shape index (κ2) is 7.92. The third kappa shape index (κ3) is 5.23. The van der Waals surface area contributed by atoms with Crippen molar-refractivity contribution in [3.05, 3.63) is 48.3 Å². The zero-order valence-corrected chi connectivity index (χ0v) is 12.3. The summed E-state index contributed by atoms with van der Waals surface area (Å²) in [6.45, 7) is 6.25. The van der Waals surface area contributed by atoms with E-state index in [2.05, 4.69) is 24.5 Å². The number of nitrogens with one attached hydrogen (secondary N) is 2. The lowest BCUT2D eigenvalue weighted by Gasteiger charge is -2.15. The molecule has 0 saturated carbocycles. The lowest BCUT2D eigenvalue weighted by Crippen LogP contribution is -2.38. The maximum Gasteiger partial charge on any atom is 0.105 e. The molecule has 0 aliphatic rings. The minimum Gasteiger partial charge on any atom is -0.469 e. The summed E-state index contributed by atoms with van der Waals surface area (Å²) in [6, 6.07) is 8.73. The fraction of sp³-hybridized carbons (Fsp3) is 0.500. The standard InChI is InChI=1S/C16H24N2O2/c1-13(11-15-5-3-9-19-15)17-7-8-18-14(2)12-16-6-4-10-20-16/h3-6,9-10,13-14,17-18H,7-8,11-12H2,1-2H3/t13-,14-/m1/s1. The first-order valence-electron chi connectivity index (χ1n) is 7.25. The Morgan fingerprint density at radius 2 is 1.30 bits per heavy atom. The molecule has 0 bridgehead atoms. The van der Waals surface area contributed by atoms with Crippen LogP contribution in [0.4, 0.5) is 0 Å². The third-order valence-corrected chi connectivity index (χ3v) is 3.29. The van der Waals surface area contributed by atoms with Crippen LogP contribution in [0.3, 0.4) is 0 Å². The van der Waals surface area contributed by atoms with Crippen molar-refractivity contribution < 1.29 is 8.83 Å². The number of hydrogen-bond donors (Lipinski definition) is 2. The van der Waals surface area contributed by atoms with Crippen LogP contribution in [0.15, 0.2) is 45.6 Å². The molecule has 4 heteroatoms. The SMILES string of the molecule is C[C@H](Cc1ccco1)NCCN[C@H](C)Cc1ccco1. The first-order chi connectivity index (χ1) is 9.74. The summed E-state index contributed by atoms with van der Waals surface area (Å²) in [6.07, 6.45) is 5.30. The van der Waals surface area contributed by atoms with E-state index >= 15 is 0 Å². The molecule has 0 unspecified atom stereocenters. The molecule has 2 atom stereocenters. The molecule has 0 spiro atoms. The first-order valence-corrected chi connectivity index (χ1v) is 7.25. The molecule has 2 heterocycles. The van der Waals surface area contributed by atoms with Crippen LogP contribution in [0, 0.1) is 0 Å². The van der Waals surface area contributed by atoms with Gasteiger partial charge in [0, 0.05) is 38.0 Å². The Bertz CT molecular complexity index is 407. The molecular weight excluding hydrogens is 252 g/mol. The monoisotopic (exact) mass is 276 g/mol. The molecule has 0 fully saturated rings. The highest BCUT2D eigenvalue weighted by Gasteiger charge is 2.06. The molecule has 0 saturated heterocycles. The maximum atomic E-state index is 5.34. The van der Waals surface area contributed by atoms with Crippen molar-refractivity contribution in [2.45, 2.75) is 38.8 Å². The lowest BCUT2D eigenvalue weighted by atomic mass is 10.2. The van der Waals surface area contributed by atoms with Crippen LogP contribution in [0.1, 0.15) is 25.4 Å². The van der Waals surface area contributed by atoms with Gasteiger partial charge in [0.2, 0.25) is 0 Å². The van der Waals surface area contributed by atoms with Gasteiger partial charge in [0.05, 0.1) is 12.5 Å². The second-order valence-corrected chi connectivity index (χ2v) is 5.28. The molecule has 0 amide bonds. The van der Waals surface area contributed by atoms with Gasteiger partial charge in [0.1, 0.15) is 11.5 Å². The van der Waals surface area contributed by atoms with Crippen molar-refractivity contribution in [3.8, 4) is 0 Å². The minimum absolute atomic E-state index is 0.420. The minimum atomic E-state index is 0.420. The van der Waals surface area contributed by atoms with Gasteiger partial charge in [-0.3, -0.25) is 0 Å². The molecule has 0 radical (unpaired) electrons. The van der Waals surface area contributed by atoms with E-state index in [0.29, 0.717) is 12.1 Å². The van der Waals surface area contributed by atoms with Crippen LogP contribution >= 0.6 is 0 Å². The highest BCUT2D eigenvalue weighted by atomic mass is 16.3. The fourth-order valence-electron chi connectivity index (χ4n) is 2.24. The molecule has 0 aliphatic carbocycles. The van der Waals surface area contributed by atoms with Gasteiger partial charge in [-0.25, -0.2) is 0 Å². The molecule has 4 nitrogen and oxygen atoms in total. The summed E-state index contributed by atoms with van der Waals surface area (Å²) in [5, 5.41) is 6.98. The molecule has 20 heavy (non-hydrogen) atoms. The van der Waals surface area contributed by atoms with Gasteiger partial charge < -0.3 is 19.5 Å². The normalized spacial score (nSPS) is 14.3. The summed E-state index contributed by atoms with van der Waals surface area (Å²) in [4.78, 5) is 0. The van der Waals surface area contributed by atoms with Crippen LogP contribution in [-0.2, 0) is 12.8 Å². The van der Waals surface area contributed by atoms with Crippen LogP contribution in [-0.4, -0.2) is 25.2 Å². The summed E-state index contributed by atoms with van der Waals surface area (Å²) < 4.78 is 10.7. The summed E-state index contributed by atoms with van der Waals surface area (Å²) in [5.41, 5.74) is 0. The smallest absolute Gasteiger partial charge is 0.105 e. The number of furan rings is 2. The maximum absolute atomic E-state index is 5.34. The van der Waals surface area contributed by atoms with Gasteiger partial charge in [-0.15, -0.1) is 0 Å². The van der Waals surface area contributed by atoms with Gasteiger partial charge in [-0.1, -0.05) is 0 Å². The fourth-order valence-corrected chi connectivity index (χ4v) is 2.24. The molecule has 2 N–H and O–H groups in total. The lowest BCUT2D eigenvalue weighted by molar-refractivity contribution is 0.433. The van der Waals surface area contributed by atoms with E-state index in [4.69, 9.17) is 8.83 Å². The van der Waals surface area contributed by atoms with Gasteiger partial charge in [-0.2, -0.15) is 0 Å². The van der Waals surface area contributed by atoms with E-state index in [1.54, 1.807) is 12.5 Å². The van der Waals surface area contributed by atoms with E-state index in [1.165, 1.54) is 0 Å². The van der Waals surface area contributed by atoms with E-state index in [0.717, 1.165) is 37.5 Å². The Hall–Kier alpha value is -1.52. The molecule has 2 aromatic heterocycles.